The monoisotopic (exact) mass is 285 g/mol. The highest BCUT2D eigenvalue weighted by Gasteiger charge is 2.37. The van der Waals surface area contributed by atoms with Crippen molar-refractivity contribution in [3.63, 3.8) is 0 Å². The van der Waals surface area contributed by atoms with E-state index in [0.717, 1.165) is 0 Å². The van der Waals surface area contributed by atoms with E-state index < -0.39 is 0 Å². The molecule has 0 aliphatic heterocycles. The average Bonchev–Trinajstić information content (AvgIpc) is 2.36. The third-order valence-corrected chi connectivity index (χ3v) is 4.86. The summed E-state index contributed by atoms with van der Waals surface area (Å²) < 4.78 is 0. The molecule has 0 bridgehead atoms. The van der Waals surface area contributed by atoms with E-state index in [9.17, 15) is 4.79 Å². The van der Waals surface area contributed by atoms with Gasteiger partial charge in [0, 0.05) is 6.42 Å². The fourth-order valence-electron chi connectivity index (χ4n) is 3.22. The fourth-order valence-corrected chi connectivity index (χ4v) is 3.22. The number of fused-ring (bicyclic) bond motifs is 1. The molecule has 21 heavy (non-hydrogen) atoms. The van der Waals surface area contributed by atoms with Crippen LogP contribution in [0.5, 0.6) is 0 Å². The second kappa shape index (κ2) is 5.32. The average molecular weight is 285 g/mol. The second-order valence-corrected chi connectivity index (χ2v) is 7.59. The Hall–Kier alpha value is -1.57. The number of carbonyl (C=O) groups excluding carboxylic acids is 1. The molecule has 2 rings (SSSR count). The lowest BCUT2D eigenvalue weighted by Crippen LogP contribution is -2.34. The molecule has 0 fully saturated rings. The molecule has 2 N–H and O–H groups in total. The minimum atomic E-state index is -0.289. The maximum Gasteiger partial charge on any atom is 0.221 e. The molecule has 1 amide bonds. The lowest BCUT2D eigenvalue weighted by Gasteiger charge is -2.42. The van der Waals surface area contributed by atoms with Crippen LogP contribution in [0, 0.1) is 6.92 Å². The molecule has 1 aliphatic carbocycles. The SMILES string of the molecule is Cc1cc2c(cc1C=CCC(N)=O)C(C)(C)CCC2(C)C. The highest BCUT2D eigenvalue weighted by molar-refractivity contribution is 5.76. The van der Waals surface area contributed by atoms with Crippen LogP contribution < -0.4 is 5.73 Å². The Balaban J connectivity index is 2.49. The molecule has 0 radical (unpaired) electrons. The molecule has 0 saturated carbocycles. The van der Waals surface area contributed by atoms with Crippen LogP contribution in [0.15, 0.2) is 18.2 Å². The van der Waals surface area contributed by atoms with E-state index in [4.69, 9.17) is 5.73 Å². The molecule has 0 saturated heterocycles. The summed E-state index contributed by atoms with van der Waals surface area (Å²) in [5.41, 5.74) is 11.0. The van der Waals surface area contributed by atoms with Gasteiger partial charge in [0.1, 0.15) is 0 Å². The zero-order chi connectivity index (χ0) is 15.8. The smallest absolute Gasteiger partial charge is 0.221 e. The molecular formula is C19H27NO. The molecule has 0 unspecified atom stereocenters. The summed E-state index contributed by atoms with van der Waals surface area (Å²) in [7, 11) is 0. The Bertz CT molecular complexity index is 594. The summed E-state index contributed by atoms with van der Waals surface area (Å²) in [6, 6.07) is 4.64. The van der Waals surface area contributed by atoms with Crippen LogP contribution in [0.25, 0.3) is 6.08 Å². The van der Waals surface area contributed by atoms with E-state index in [1.807, 2.05) is 12.2 Å². The Morgan fingerprint density at radius 3 is 2.19 bits per heavy atom. The third-order valence-electron chi connectivity index (χ3n) is 4.86. The van der Waals surface area contributed by atoms with Gasteiger partial charge in [0.2, 0.25) is 5.91 Å². The van der Waals surface area contributed by atoms with E-state index in [1.54, 1.807) is 0 Å². The number of carbonyl (C=O) groups is 1. The quantitative estimate of drug-likeness (QED) is 0.887. The van der Waals surface area contributed by atoms with Crippen LogP contribution in [0.3, 0.4) is 0 Å². The molecule has 0 aromatic heterocycles. The summed E-state index contributed by atoms with van der Waals surface area (Å²) >= 11 is 0. The molecular weight excluding hydrogens is 258 g/mol. The fraction of sp³-hybridized carbons (Fsp3) is 0.526. The van der Waals surface area contributed by atoms with Crippen LogP contribution in [0.2, 0.25) is 0 Å². The predicted molar refractivity (Wildman–Crippen MR) is 89.3 cm³/mol. The lowest BCUT2D eigenvalue weighted by molar-refractivity contribution is -0.117. The first-order valence-electron chi connectivity index (χ1n) is 7.74. The summed E-state index contributed by atoms with van der Waals surface area (Å²) in [5, 5.41) is 0. The van der Waals surface area contributed by atoms with Gasteiger partial charge < -0.3 is 5.73 Å². The first-order chi connectivity index (χ1) is 9.63. The molecule has 2 nitrogen and oxygen atoms in total. The first-order valence-corrected chi connectivity index (χ1v) is 7.74. The number of amides is 1. The Morgan fingerprint density at radius 2 is 1.67 bits per heavy atom. The highest BCUT2D eigenvalue weighted by Crippen LogP contribution is 2.46. The molecule has 2 heteroatoms. The van der Waals surface area contributed by atoms with Crippen molar-refractivity contribution in [3.8, 4) is 0 Å². The first kappa shape index (κ1) is 15.8. The maximum atomic E-state index is 10.9. The third kappa shape index (κ3) is 3.20. The molecule has 114 valence electrons. The Morgan fingerprint density at radius 1 is 1.14 bits per heavy atom. The van der Waals surface area contributed by atoms with Crippen molar-refractivity contribution in [1.82, 2.24) is 0 Å². The molecule has 1 aromatic rings. The lowest BCUT2D eigenvalue weighted by atomic mass is 9.62. The highest BCUT2D eigenvalue weighted by atomic mass is 16.1. The van der Waals surface area contributed by atoms with Gasteiger partial charge in [-0.2, -0.15) is 0 Å². The number of primary amides is 1. The normalized spacial score (nSPS) is 19.5. The summed E-state index contributed by atoms with van der Waals surface area (Å²) in [6.45, 7) is 11.5. The van der Waals surface area contributed by atoms with E-state index in [0.29, 0.717) is 6.42 Å². The molecule has 1 aliphatic rings. The van der Waals surface area contributed by atoms with Gasteiger partial charge in [-0.1, -0.05) is 52.0 Å². The minimum Gasteiger partial charge on any atom is -0.369 e. The summed E-state index contributed by atoms with van der Waals surface area (Å²) in [5.74, 6) is -0.289. The summed E-state index contributed by atoms with van der Waals surface area (Å²) in [4.78, 5) is 10.9. The van der Waals surface area contributed by atoms with Crippen molar-refractivity contribution >= 4 is 12.0 Å². The van der Waals surface area contributed by atoms with Gasteiger partial charge in [-0.15, -0.1) is 0 Å². The summed E-state index contributed by atoms with van der Waals surface area (Å²) in [6.07, 6.45) is 6.62. The van der Waals surface area contributed by atoms with Crippen LogP contribution >= 0.6 is 0 Å². The number of aryl methyl sites for hydroxylation is 1. The van der Waals surface area contributed by atoms with Crippen molar-refractivity contribution in [1.29, 1.82) is 0 Å². The van der Waals surface area contributed by atoms with Gasteiger partial charge in [-0.25, -0.2) is 0 Å². The van der Waals surface area contributed by atoms with Crippen molar-refractivity contribution in [3.05, 3.63) is 40.5 Å². The standard InChI is InChI=1S/C19H27NO/c1-13-11-15-16(12-14(13)7-6-8-17(20)21)19(4,5)10-9-18(15,2)3/h6-7,11-12H,8-10H2,1-5H3,(H2,20,21). The van der Waals surface area contributed by atoms with Gasteiger partial charge >= 0.3 is 0 Å². The van der Waals surface area contributed by atoms with Crippen molar-refractivity contribution in [2.45, 2.75) is 64.7 Å². The van der Waals surface area contributed by atoms with E-state index in [-0.39, 0.29) is 16.7 Å². The van der Waals surface area contributed by atoms with E-state index in [1.165, 1.54) is 35.1 Å². The van der Waals surface area contributed by atoms with Crippen molar-refractivity contribution < 1.29 is 4.79 Å². The zero-order valence-corrected chi connectivity index (χ0v) is 13.9. The molecule has 0 spiro atoms. The predicted octanol–water partition coefficient (Wildman–Crippen LogP) is 4.23. The van der Waals surface area contributed by atoms with Gasteiger partial charge in [0.15, 0.2) is 0 Å². The number of rotatable bonds is 3. The van der Waals surface area contributed by atoms with Crippen LogP contribution in [0.4, 0.5) is 0 Å². The molecule has 0 heterocycles. The number of hydrogen-bond acceptors (Lipinski definition) is 1. The van der Waals surface area contributed by atoms with Gasteiger partial charge in [0.05, 0.1) is 0 Å². The molecule has 0 atom stereocenters. The number of benzene rings is 1. The zero-order valence-electron chi connectivity index (χ0n) is 13.9. The Labute approximate surface area is 128 Å². The number of hydrogen-bond donors (Lipinski definition) is 1. The van der Waals surface area contributed by atoms with Crippen LogP contribution in [-0.4, -0.2) is 5.91 Å². The van der Waals surface area contributed by atoms with Gasteiger partial charge in [-0.05, 0) is 52.8 Å². The van der Waals surface area contributed by atoms with E-state index >= 15 is 0 Å². The Kier molecular flexibility index (Phi) is 4.01. The largest absolute Gasteiger partial charge is 0.369 e. The number of nitrogens with two attached hydrogens (primary N) is 1. The van der Waals surface area contributed by atoms with Crippen molar-refractivity contribution in [2.75, 3.05) is 0 Å². The van der Waals surface area contributed by atoms with E-state index in [2.05, 4.69) is 46.8 Å². The minimum absolute atomic E-state index is 0.213. The maximum absolute atomic E-state index is 10.9. The second-order valence-electron chi connectivity index (χ2n) is 7.59. The van der Waals surface area contributed by atoms with Gasteiger partial charge in [0.25, 0.3) is 0 Å². The van der Waals surface area contributed by atoms with Crippen molar-refractivity contribution in [2.24, 2.45) is 5.73 Å². The van der Waals surface area contributed by atoms with Gasteiger partial charge in [-0.3, -0.25) is 4.79 Å². The van der Waals surface area contributed by atoms with Crippen LogP contribution in [-0.2, 0) is 15.6 Å². The van der Waals surface area contributed by atoms with Crippen LogP contribution in [0.1, 0.15) is 69.2 Å². The molecule has 1 aromatic carbocycles. The topological polar surface area (TPSA) is 43.1 Å².